The lowest BCUT2D eigenvalue weighted by atomic mass is 10.0. The predicted molar refractivity (Wildman–Crippen MR) is 71.5 cm³/mol. The Kier molecular flexibility index (Phi) is 3.28. The SMILES string of the molecule is Cc1cc(Cc2ccccc2)c(N)c([N+](=O)[O-])c1. The molecule has 18 heavy (non-hydrogen) atoms. The van der Waals surface area contributed by atoms with Crippen LogP contribution in [-0.4, -0.2) is 4.92 Å². The first-order valence-corrected chi connectivity index (χ1v) is 5.65. The molecule has 0 fully saturated rings. The van der Waals surface area contributed by atoms with Crippen molar-refractivity contribution in [2.75, 3.05) is 5.73 Å². The Bertz CT molecular complexity index is 580. The average Bonchev–Trinajstić information content (AvgIpc) is 2.34. The van der Waals surface area contributed by atoms with Gasteiger partial charge in [0.05, 0.1) is 4.92 Å². The molecule has 4 nitrogen and oxygen atoms in total. The van der Waals surface area contributed by atoms with Crippen molar-refractivity contribution < 1.29 is 4.92 Å². The van der Waals surface area contributed by atoms with Crippen LogP contribution in [0.4, 0.5) is 11.4 Å². The third-order valence-corrected chi connectivity index (χ3v) is 2.82. The molecular formula is C14H14N2O2. The van der Waals surface area contributed by atoms with Crippen molar-refractivity contribution in [3.8, 4) is 0 Å². The highest BCUT2D eigenvalue weighted by atomic mass is 16.6. The normalized spacial score (nSPS) is 10.3. The molecule has 2 aromatic carbocycles. The monoisotopic (exact) mass is 242 g/mol. The van der Waals surface area contributed by atoms with Crippen LogP contribution in [0.2, 0.25) is 0 Å². The molecule has 0 saturated heterocycles. The van der Waals surface area contributed by atoms with Gasteiger partial charge in [0, 0.05) is 6.07 Å². The molecule has 2 N–H and O–H groups in total. The first-order chi connectivity index (χ1) is 8.58. The molecule has 0 aliphatic rings. The van der Waals surface area contributed by atoms with Crippen LogP contribution >= 0.6 is 0 Å². The molecule has 0 aliphatic carbocycles. The van der Waals surface area contributed by atoms with Crippen LogP contribution in [0.3, 0.4) is 0 Å². The maximum atomic E-state index is 10.9. The van der Waals surface area contributed by atoms with Gasteiger partial charge in [-0.25, -0.2) is 0 Å². The molecule has 2 aromatic rings. The zero-order chi connectivity index (χ0) is 13.1. The number of nitrogens with two attached hydrogens (primary N) is 1. The fourth-order valence-electron chi connectivity index (χ4n) is 1.97. The van der Waals surface area contributed by atoms with E-state index in [1.165, 1.54) is 6.07 Å². The Morgan fingerprint density at radius 2 is 1.89 bits per heavy atom. The van der Waals surface area contributed by atoms with Gasteiger partial charge in [0.25, 0.3) is 5.69 Å². The summed E-state index contributed by atoms with van der Waals surface area (Å²) in [6, 6.07) is 13.2. The first-order valence-electron chi connectivity index (χ1n) is 5.65. The van der Waals surface area contributed by atoms with Crippen LogP contribution in [0.15, 0.2) is 42.5 Å². The summed E-state index contributed by atoms with van der Waals surface area (Å²) in [6.45, 7) is 1.83. The number of benzene rings is 2. The molecule has 0 unspecified atom stereocenters. The van der Waals surface area contributed by atoms with Gasteiger partial charge in [0.1, 0.15) is 5.69 Å². The van der Waals surface area contributed by atoms with Crippen molar-refractivity contribution in [1.29, 1.82) is 0 Å². The lowest BCUT2D eigenvalue weighted by molar-refractivity contribution is -0.384. The Balaban J connectivity index is 2.42. The second-order valence-electron chi connectivity index (χ2n) is 4.28. The molecule has 0 amide bonds. The quantitative estimate of drug-likeness (QED) is 0.511. The van der Waals surface area contributed by atoms with Crippen LogP contribution in [0.1, 0.15) is 16.7 Å². The van der Waals surface area contributed by atoms with Crippen LogP contribution in [0.5, 0.6) is 0 Å². The van der Waals surface area contributed by atoms with Crippen molar-refractivity contribution in [2.24, 2.45) is 0 Å². The molecule has 0 spiro atoms. The summed E-state index contributed by atoms with van der Waals surface area (Å²) >= 11 is 0. The number of nitrogen functional groups attached to an aromatic ring is 1. The molecule has 0 saturated carbocycles. The third-order valence-electron chi connectivity index (χ3n) is 2.82. The van der Waals surface area contributed by atoms with Gasteiger partial charge in [0.2, 0.25) is 0 Å². The molecule has 2 rings (SSSR count). The molecule has 0 heterocycles. The van der Waals surface area contributed by atoms with Gasteiger partial charge < -0.3 is 5.73 Å². The number of rotatable bonds is 3. The van der Waals surface area contributed by atoms with E-state index in [0.717, 1.165) is 16.7 Å². The standard InChI is InChI=1S/C14H14N2O2/c1-10-7-12(9-11-5-3-2-4-6-11)14(15)13(8-10)16(17)18/h2-8H,9,15H2,1H3. The summed E-state index contributed by atoms with van der Waals surface area (Å²) in [5.74, 6) is 0. The molecule has 0 bridgehead atoms. The summed E-state index contributed by atoms with van der Waals surface area (Å²) < 4.78 is 0. The van der Waals surface area contributed by atoms with E-state index in [9.17, 15) is 10.1 Å². The van der Waals surface area contributed by atoms with Crippen molar-refractivity contribution in [3.05, 3.63) is 69.3 Å². The molecule has 0 aliphatic heterocycles. The van der Waals surface area contributed by atoms with Gasteiger partial charge in [-0.05, 0) is 30.0 Å². The maximum absolute atomic E-state index is 10.9. The van der Waals surface area contributed by atoms with Crippen molar-refractivity contribution in [2.45, 2.75) is 13.3 Å². The zero-order valence-corrected chi connectivity index (χ0v) is 10.1. The Hall–Kier alpha value is -2.36. The number of anilines is 1. The Morgan fingerprint density at radius 3 is 2.50 bits per heavy atom. The number of nitro benzene ring substituents is 1. The molecule has 92 valence electrons. The van der Waals surface area contributed by atoms with E-state index in [2.05, 4.69) is 0 Å². The third kappa shape index (κ3) is 2.48. The summed E-state index contributed by atoms with van der Waals surface area (Å²) in [6.07, 6.45) is 0.606. The Morgan fingerprint density at radius 1 is 1.22 bits per heavy atom. The van der Waals surface area contributed by atoms with Gasteiger partial charge >= 0.3 is 0 Å². The van der Waals surface area contributed by atoms with E-state index in [1.807, 2.05) is 43.3 Å². The number of hydrogen-bond acceptors (Lipinski definition) is 3. The highest BCUT2D eigenvalue weighted by molar-refractivity contribution is 5.65. The topological polar surface area (TPSA) is 69.2 Å². The highest BCUT2D eigenvalue weighted by Crippen LogP contribution is 2.28. The van der Waals surface area contributed by atoms with Crippen LogP contribution in [0, 0.1) is 17.0 Å². The molecule has 0 atom stereocenters. The van der Waals surface area contributed by atoms with Crippen LogP contribution < -0.4 is 5.73 Å². The smallest absolute Gasteiger partial charge is 0.292 e. The van der Waals surface area contributed by atoms with Crippen LogP contribution in [-0.2, 0) is 6.42 Å². The second-order valence-corrected chi connectivity index (χ2v) is 4.28. The van der Waals surface area contributed by atoms with Gasteiger partial charge in [-0.1, -0.05) is 36.4 Å². The largest absolute Gasteiger partial charge is 0.393 e. The summed E-state index contributed by atoms with van der Waals surface area (Å²) in [4.78, 5) is 10.5. The van der Waals surface area contributed by atoms with E-state index >= 15 is 0 Å². The number of hydrogen-bond donors (Lipinski definition) is 1. The van der Waals surface area contributed by atoms with Crippen molar-refractivity contribution >= 4 is 11.4 Å². The van der Waals surface area contributed by atoms with Crippen molar-refractivity contribution in [3.63, 3.8) is 0 Å². The molecular weight excluding hydrogens is 228 g/mol. The van der Waals surface area contributed by atoms with E-state index in [-0.39, 0.29) is 11.4 Å². The van der Waals surface area contributed by atoms with E-state index in [0.29, 0.717) is 6.42 Å². The zero-order valence-electron chi connectivity index (χ0n) is 10.1. The van der Waals surface area contributed by atoms with E-state index in [4.69, 9.17) is 5.73 Å². The number of nitro groups is 1. The minimum Gasteiger partial charge on any atom is -0.393 e. The summed E-state index contributed by atoms with van der Waals surface area (Å²) in [7, 11) is 0. The van der Waals surface area contributed by atoms with Gasteiger partial charge in [0.15, 0.2) is 0 Å². The average molecular weight is 242 g/mol. The number of nitrogens with zero attached hydrogens (tertiary/aromatic N) is 1. The predicted octanol–water partition coefficient (Wildman–Crippen LogP) is 3.08. The van der Waals surface area contributed by atoms with Crippen LogP contribution in [0.25, 0.3) is 0 Å². The first kappa shape index (κ1) is 12.1. The van der Waals surface area contributed by atoms with Crippen molar-refractivity contribution in [1.82, 2.24) is 0 Å². The molecule has 4 heteroatoms. The maximum Gasteiger partial charge on any atom is 0.292 e. The van der Waals surface area contributed by atoms with E-state index in [1.54, 1.807) is 0 Å². The second kappa shape index (κ2) is 4.87. The Labute approximate surface area is 105 Å². The highest BCUT2D eigenvalue weighted by Gasteiger charge is 2.15. The van der Waals surface area contributed by atoms with Gasteiger partial charge in [-0.3, -0.25) is 10.1 Å². The lowest BCUT2D eigenvalue weighted by Crippen LogP contribution is -2.02. The number of aryl methyl sites for hydroxylation is 1. The van der Waals surface area contributed by atoms with Gasteiger partial charge in [-0.15, -0.1) is 0 Å². The van der Waals surface area contributed by atoms with E-state index < -0.39 is 4.92 Å². The summed E-state index contributed by atoms with van der Waals surface area (Å²) in [5, 5.41) is 10.9. The summed E-state index contributed by atoms with van der Waals surface area (Å²) in [5.41, 5.74) is 8.84. The molecule has 0 radical (unpaired) electrons. The fourth-order valence-corrected chi connectivity index (χ4v) is 1.97. The minimum absolute atomic E-state index is 0.0130. The van der Waals surface area contributed by atoms with Gasteiger partial charge in [-0.2, -0.15) is 0 Å². The molecule has 0 aromatic heterocycles. The lowest BCUT2D eigenvalue weighted by Gasteiger charge is -2.08. The minimum atomic E-state index is -0.434. The fraction of sp³-hybridized carbons (Fsp3) is 0.143.